The van der Waals surface area contributed by atoms with E-state index in [1.165, 1.54) is 86.3 Å². The molecular weight excluding hydrogens is 391 g/mol. The molecule has 0 nitrogen and oxygen atoms in total. The molecule has 0 saturated heterocycles. The summed E-state index contributed by atoms with van der Waals surface area (Å²) >= 11 is 0. The van der Waals surface area contributed by atoms with Crippen molar-refractivity contribution in [3.05, 3.63) is 108 Å². The van der Waals surface area contributed by atoms with E-state index < -0.39 is 7.26 Å². The molecule has 0 fully saturated rings. The molecule has 0 aliphatic rings. The molecule has 0 saturated carbocycles. The van der Waals surface area contributed by atoms with Crippen molar-refractivity contribution in [1.29, 1.82) is 0 Å². The fourth-order valence-electron chi connectivity index (χ4n) is 5.00. The van der Waals surface area contributed by atoms with Gasteiger partial charge in [0.05, 0.1) is 0 Å². The predicted molar refractivity (Wildman–Crippen MR) is 142 cm³/mol. The number of hydrogen-bond donors (Lipinski definition) is 0. The van der Waals surface area contributed by atoms with Gasteiger partial charge in [-0.2, -0.15) is 0 Å². The van der Waals surface area contributed by atoms with Gasteiger partial charge >= 0.3 is 191 Å². The van der Waals surface area contributed by atoms with E-state index in [0.29, 0.717) is 0 Å². The first-order valence-electron chi connectivity index (χ1n) is 12.4. The summed E-state index contributed by atoms with van der Waals surface area (Å²) in [6.45, 7) is 2.30. The van der Waals surface area contributed by atoms with Crippen molar-refractivity contribution in [3.63, 3.8) is 0 Å². The topological polar surface area (TPSA) is 0 Å². The Kier molecular flexibility index (Phi) is 10.3. The molecule has 0 aromatic heterocycles. The second-order valence-electron chi connectivity index (χ2n) is 9.36. The van der Waals surface area contributed by atoms with E-state index in [2.05, 4.69) is 97.9 Å². The van der Waals surface area contributed by atoms with Crippen LogP contribution in [0.5, 0.6) is 0 Å². The first kappa shape index (κ1) is 23.7. The van der Waals surface area contributed by atoms with Crippen LogP contribution in [-0.2, 0) is 18.5 Å². The summed E-state index contributed by atoms with van der Waals surface area (Å²) < 4.78 is 0. The van der Waals surface area contributed by atoms with Gasteiger partial charge in [0.1, 0.15) is 0 Å². The Morgan fingerprint density at radius 1 is 0.452 bits per heavy atom. The molecular formula is C30H41P. The Morgan fingerprint density at radius 2 is 0.806 bits per heavy atom. The van der Waals surface area contributed by atoms with E-state index in [4.69, 9.17) is 0 Å². The van der Waals surface area contributed by atoms with Gasteiger partial charge in [-0.05, 0) is 0 Å². The second-order valence-corrected chi connectivity index (χ2v) is 13.9. The summed E-state index contributed by atoms with van der Waals surface area (Å²) in [5.74, 6) is 0. The molecule has 3 rings (SSSR count). The summed E-state index contributed by atoms with van der Waals surface area (Å²) in [5.41, 5.74) is 4.59. The Hall–Kier alpha value is -1.91. The van der Waals surface area contributed by atoms with Gasteiger partial charge in [-0.3, -0.25) is 0 Å². The van der Waals surface area contributed by atoms with E-state index in [1.54, 1.807) is 0 Å². The summed E-state index contributed by atoms with van der Waals surface area (Å²) in [7, 11) is -1.59. The van der Waals surface area contributed by atoms with Gasteiger partial charge < -0.3 is 0 Å². The SMILES string of the molecule is CCCCCCCCC[PH](Cc1ccccc1)(Cc1ccccc1)Cc1ccccc1. The maximum absolute atomic E-state index is 2.35. The minimum absolute atomic E-state index is 1.29. The molecule has 166 valence electrons. The van der Waals surface area contributed by atoms with Crippen LogP contribution in [0.2, 0.25) is 0 Å². The number of hydrogen-bond acceptors (Lipinski definition) is 0. The van der Waals surface area contributed by atoms with Crippen LogP contribution in [0.1, 0.15) is 68.6 Å². The van der Waals surface area contributed by atoms with Crippen LogP contribution >= 0.6 is 7.26 Å². The van der Waals surface area contributed by atoms with Crippen molar-refractivity contribution >= 4 is 7.26 Å². The molecule has 0 amide bonds. The van der Waals surface area contributed by atoms with Crippen molar-refractivity contribution < 1.29 is 0 Å². The van der Waals surface area contributed by atoms with Gasteiger partial charge in [0.25, 0.3) is 0 Å². The molecule has 0 radical (unpaired) electrons. The zero-order valence-electron chi connectivity index (χ0n) is 19.4. The van der Waals surface area contributed by atoms with Crippen LogP contribution in [0.25, 0.3) is 0 Å². The zero-order valence-corrected chi connectivity index (χ0v) is 20.4. The van der Waals surface area contributed by atoms with Crippen molar-refractivity contribution in [2.75, 3.05) is 6.16 Å². The van der Waals surface area contributed by atoms with Crippen molar-refractivity contribution in [2.45, 2.75) is 70.4 Å². The first-order chi connectivity index (χ1) is 15.3. The molecule has 1 heteroatoms. The van der Waals surface area contributed by atoms with E-state index in [-0.39, 0.29) is 0 Å². The van der Waals surface area contributed by atoms with Crippen LogP contribution < -0.4 is 0 Å². The molecule has 0 aliphatic heterocycles. The molecule has 3 aromatic carbocycles. The fraction of sp³-hybridized carbons (Fsp3) is 0.400. The Balaban J connectivity index is 1.78. The van der Waals surface area contributed by atoms with E-state index in [9.17, 15) is 0 Å². The number of rotatable bonds is 14. The second kappa shape index (κ2) is 13.5. The van der Waals surface area contributed by atoms with Crippen LogP contribution in [-0.4, -0.2) is 6.16 Å². The number of benzene rings is 3. The van der Waals surface area contributed by atoms with Gasteiger partial charge in [0.2, 0.25) is 0 Å². The van der Waals surface area contributed by atoms with E-state index in [1.807, 2.05) is 0 Å². The van der Waals surface area contributed by atoms with Gasteiger partial charge in [-0.1, -0.05) is 0 Å². The average Bonchev–Trinajstić information content (AvgIpc) is 2.80. The molecule has 31 heavy (non-hydrogen) atoms. The Bertz CT molecular complexity index is 725. The molecule has 0 atom stereocenters. The van der Waals surface area contributed by atoms with E-state index >= 15 is 0 Å². The van der Waals surface area contributed by atoms with Crippen molar-refractivity contribution in [1.82, 2.24) is 0 Å². The summed E-state index contributed by atoms with van der Waals surface area (Å²) in [6, 6.07) is 33.8. The maximum atomic E-state index is 2.35. The molecule has 0 aliphatic carbocycles. The third kappa shape index (κ3) is 8.62. The van der Waals surface area contributed by atoms with Crippen molar-refractivity contribution in [3.8, 4) is 0 Å². The third-order valence-corrected chi connectivity index (χ3v) is 11.5. The first-order valence-corrected chi connectivity index (χ1v) is 15.2. The Labute approximate surface area is 191 Å². The zero-order chi connectivity index (χ0) is 21.6. The quantitative estimate of drug-likeness (QED) is 0.176. The average molecular weight is 433 g/mol. The van der Waals surface area contributed by atoms with Crippen LogP contribution in [0.3, 0.4) is 0 Å². The normalized spacial score (nSPS) is 12.0. The third-order valence-electron chi connectivity index (χ3n) is 6.58. The Morgan fingerprint density at radius 3 is 1.19 bits per heavy atom. The monoisotopic (exact) mass is 432 g/mol. The fourth-order valence-corrected chi connectivity index (χ4v) is 10.2. The summed E-state index contributed by atoms with van der Waals surface area (Å²) in [5, 5.41) is 0. The molecule has 0 heterocycles. The molecule has 0 spiro atoms. The molecule has 3 aromatic rings. The van der Waals surface area contributed by atoms with Gasteiger partial charge in [0, 0.05) is 0 Å². The van der Waals surface area contributed by atoms with Crippen LogP contribution in [0.4, 0.5) is 0 Å². The van der Waals surface area contributed by atoms with Crippen LogP contribution in [0, 0.1) is 0 Å². The minimum atomic E-state index is -1.59. The molecule has 0 N–H and O–H groups in total. The van der Waals surface area contributed by atoms with Gasteiger partial charge in [-0.15, -0.1) is 0 Å². The summed E-state index contributed by atoms with van der Waals surface area (Å²) in [6.07, 6.45) is 15.0. The number of unbranched alkanes of at least 4 members (excludes halogenated alkanes) is 6. The van der Waals surface area contributed by atoms with E-state index in [0.717, 1.165) is 0 Å². The van der Waals surface area contributed by atoms with Gasteiger partial charge in [-0.25, -0.2) is 0 Å². The summed E-state index contributed by atoms with van der Waals surface area (Å²) in [4.78, 5) is 0. The molecule has 0 bridgehead atoms. The predicted octanol–water partition coefficient (Wildman–Crippen LogP) is 9.09. The van der Waals surface area contributed by atoms with Crippen LogP contribution in [0.15, 0.2) is 91.0 Å². The standard InChI is InChI=1S/C30H41P/c1-2-3-4-5-6-7-17-24-31(25-28-18-11-8-12-19-28,26-29-20-13-9-14-21-29)27-30-22-15-10-16-23-30/h8-16,18-23,31H,2-7,17,24-27H2,1H3. The van der Waals surface area contributed by atoms with Crippen molar-refractivity contribution in [2.24, 2.45) is 0 Å². The van der Waals surface area contributed by atoms with Gasteiger partial charge in [0.15, 0.2) is 0 Å². The molecule has 0 unspecified atom stereocenters.